The maximum absolute atomic E-state index is 12.8. The van der Waals surface area contributed by atoms with Gasteiger partial charge in [0, 0.05) is 34.8 Å². The summed E-state index contributed by atoms with van der Waals surface area (Å²) in [6.07, 6.45) is 0. The van der Waals surface area contributed by atoms with Crippen molar-refractivity contribution in [1.29, 1.82) is 0 Å². The molecule has 1 aliphatic heterocycles. The minimum Gasteiger partial charge on any atom is -0.483 e. The molecule has 0 spiro atoms. The Balaban J connectivity index is 0.00000240. The standard InChI is InChI=1S/C23H23ClN2O2.ClH/c24-21-10-11-22(19-9-5-4-8-18(19)21)28-15-23(27)26-13-17(12-25)20(14-26)16-6-2-1-3-7-16;/h1-11,17,20H,12-15,25H2;1H/t17-,20+;/m1./s1. The number of amides is 1. The molecule has 1 saturated heterocycles. The van der Waals surface area contributed by atoms with Gasteiger partial charge in [-0.05, 0) is 30.2 Å². The molecule has 0 aliphatic carbocycles. The van der Waals surface area contributed by atoms with Crippen molar-refractivity contribution in [1.82, 2.24) is 4.90 Å². The van der Waals surface area contributed by atoms with Gasteiger partial charge in [-0.3, -0.25) is 4.79 Å². The van der Waals surface area contributed by atoms with Gasteiger partial charge in [-0.1, -0.05) is 66.2 Å². The van der Waals surface area contributed by atoms with Crippen LogP contribution < -0.4 is 10.5 Å². The highest BCUT2D eigenvalue weighted by Gasteiger charge is 2.35. The first kappa shape index (κ1) is 21.4. The summed E-state index contributed by atoms with van der Waals surface area (Å²) < 4.78 is 5.88. The van der Waals surface area contributed by atoms with Crippen molar-refractivity contribution < 1.29 is 9.53 Å². The van der Waals surface area contributed by atoms with Gasteiger partial charge in [0.05, 0.1) is 0 Å². The summed E-state index contributed by atoms with van der Waals surface area (Å²) in [6, 6.07) is 21.7. The van der Waals surface area contributed by atoms with Crippen LogP contribution in [0, 0.1) is 5.92 Å². The van der Waals surface area contributed by atoms with Crippen molar-refractivity contribution in [2.45, 2.75) is 5.92 Å². The highest BCUT2D eigenvalue weighted by Crippen LogP contribution is 2.33. The molecule has 0 unspecified atom stereocenters. The lowest BCUT2D eigenvalue weighted by atomic mass is 9.89. The van der Waals surface area contributed by atoms with Crippen LogP contribution >= 0.6 is 24.0 Å². The monoisotopic (exact) mass is 430 g/mol. The van der Waals surface area contributed by atoms with Crippen molar-refractivity contribution in [2.75, 3.05) is 26.2 Å². The van der Waals surface area contributed by atoms with Crippen molar-refractivity contribution in [2.24, 2.45) is 11.7 Å². The summed E-state index contributed by atoms with van der Waals surface area (Å²) in [7, 11) is 0. The molecule has 1 heterocycles. The highest BCUT2D eigenvalue weighted by atomic mass is 35.5. The van der Waals surface area contributed by atoms with E-state index in [1.807, 2.05) is 53.4 Å². The van der Waals surface area contributed by atoms with E-state index in [2.05, 4.69) is 12.1 Å². The molecule has 0 saturated carbocycles. The number of halogens is 2. The Bertz CT molecular complexity index is 981. The third-order valence-corrected chi connectivity index (χ3v) is 5.84. The van der Waals surface area contributed by atoms with Crippen molar-refractivity contribution in [3.05, 3.63) is 77.3 Å². The smallest absolute Gasteiger partial charge is 0.260 e. The van der Waals surface area contributed by atoms with Gasteiger partial charge in [-0.25, -0.2) is 0 Å². The van der Waals surface area contributed by atoms with Crippen LogP contribution in [0.3, 0.4) is 0 Å². The molecule has 0 radical (unpaired) electrons. The number of carbonyl (C=O) groups is 1. The first-order valence-corrected chi connectivity index (χ1v) is 9.88. The van der Waals surface area contributed by atoms with Crippen molar-refractivity contribution in [3.63, 3.8) is 0 Å². The van der Waals surface area contributed by atoms with Crippen LogP contribution in [0.25, 0.3) is 10.8 Å². The average molecular weight is 431 g/mol. The van der Waals surface area contributed by atoms with Crippen LogP contribution in [0.15, 0.2) is 66.7 Å². The fraction of sp³-hybridized carbons (Fsp3) is 0.261. The van der Waals surface area contributed by atoms with E-state index in [9.17, 15) is 4.79 Å². The van der Waals surface area contributed by atoms with Gasteiger partial charge < -0.3 is 15.4 Å². The Morgan fingerprint density at radius 3 is 2.41 bits per heavy atom. The van der Waals surface area contributed by atoms with Gasteiger partial charge in [0.25, 0.3) is 5.91 Å². The first-order chi connectivity index (χ1) is 13.7. The topological polar surface area (TPSA) is 55.6 Å². The highest BCUT2D eigenvalue weighted by molar-refractivity contribution is 6.35. The first-order valence-electron chi connectivity index (χ1n) is 9.50. The van der Waals surface area contributed by atoms with Gasteiger partial charge in [-0.15, -0.1) is 12.4 Å². The molecule has 1 fully saturated rings. The lowest BCUT2D eigenvalue weighted by Gasteiger charge is -2.17. The molecule has 3 aromatic carbocycles. The molecule has 4 nitrogen and oxygen atoms in total. The molecule has 1 amide bonds. The van der Waals surface area contributed by atoms with E-state index in [4.69, 9.17) is 22.1 Å². The Labute approximate surface area is 182 Å². The van der Waals surface area contributed by atoms with Crippen LogP contribution in [0.4, 0.5) is 0 Å². The third kappa shape index (κ3) is 4.50. The average Bonchev–Trinajstić information content (AvgIpc) is 3.18. The second-order valence-corrected chi connectivity index (χ2v) is 7.60. The number of hydrogen-bond acceptors (Lipinski definition) is 3. The molecule has 0 bridgehead atoms. The van der Waals surface area contributed by atoms with Crippen LogP contribution in [0.5, 0.6) is 5.75 Å². The van der Waals surface area contributed by atoms with E-state index in [0.717, 1.165) is 10.8 Å². The predicted octanol–water partition coefficient (Wildman–Crippen LogP) is 4.49. The number of nitrogens with two attached hydrogens (primary N) is 1. The number of nitrogens with zero attached hydrogens (tertiary/aromatic N) is 1. The minimum atomic E-state index is -0.0177. The van der Waals surface area contributed by atoms with E-state index >= 15 is 0 Å². The minimum absolute atomic E-state index is 0. The number of carbonyl (C=O) groups excluding carboxylic acids is 1. The van der Waals surface area contributed by atoms with Gasteiger partial charge >= 0.3 is 0 Å². The number of likely N-dealkylation sites (tertiary alicyclic amines) is 1. The summed E-state index contributed by atoms with van der Waals surface area (Å²) >= 11 is 6.26. The van der Waals surface area contributed by atoms with E-state index in [-0.39, 0.29) is 36.8 Å². The molecule has 1 aliphatic rings. The molecule has 4 rings (SSSR count). The van der Waals surface area contributed by atoms with Crippen LogP contribution in [0.2, 0.25) is 5.02 Å². The van der Waals surface area contributed by atoms with Crippen molar-refractivity contribution >= 4 is 40.7 Å². The summed E-state index contributed by atoms with van der Waals surface area (Å²) in [6.45, 7) is 1.91. The van der Waals surface area contributed by atoms with Gasteiger partial charge in [0.1, 0.15) is 5.75 Å². The normalized spacial score (nSPS) is 18.5. The molecular formula is C23H24Cl2N2O2. The Kier molecular flexibility index (Phi) is 7.01. The Hall–Kier alpha value is -2.27. The van der Waals surface area contributed by atoms with Gasteiger partial charge in [0.15, 0.2) is 6.61 Å². The van der Waals surface area contributed by atoms with E-state index < -0.39 is 0 Å². The van der Waals surface area contributed by atoms with Crippen LogP contribution in [0.1, 0.15) is 11.5 Å². The maximum Gasteiger partial charge on any atom is 0.260 e. The number of fused-ring (bicyclic) bond motifs is 1. The Morgan fingerprint density at radius 2 is 1.69 bits per heavy atom. The zero-order valence-corrected chi connectivity index (χ0v) is 17.5. The lowest BCUT2D eigenvalue weighted by molar-refractivity contribution is -0.132. The number of rotatable bonds is 5. The lowest BCUT2D eigenvalue weighted by Crippen LogP contribution is -2.33. The quantitative estimate of drug-likeness (QED) is 0.648. The number of hydrogen-bond donors (Lipinski definition) is 1. The van der Waals surface area contributed by atoms with E-state index in [1.54, 1.807) is 6.07 Å². The fourth-order valence-corrected chi connectivity index (χ4v) is 4.21. The molecule has 2 N–H and O–H groups in total. The molecule has 0 aromatic heterocycles. The summed E-state index contributed by atoms with van der Waals surface area (Å²) in [5.74, 6) is 1.19. The molecule has 152 valence electrons. The van der Waals surface area contributed by atoms with Gasteiger partial charge in [0.2, 0.25) is 0 Å². The summed E-state index contributed by atoms with van der Waals surface area (Å²) in [5.41, 5.74) is 7.22. The SMILES string of the molecule is Cl.NC[C@@H]1CN(C(=O)COc2ccc(Cl)c3ccccc23)C[C@H]1c1ccccc1. The zero-order chi connectivity index (χ0) is 19.5. The summed E-state index contributed by atoms with van der Waals surface area (Å²) in [5, 5.41) is 2.50. The maximum atomic E-state index is 12.8. The predicted molar refractivity (Wildman–Crippen MR) is 120 cm³/mol. The van der Waals surface area contributed by atoms with Crippen LogP contribution in [-0.4, -0.2) is 37.0 Å². The van der Waals surface area contributed by atoms with E-state index in [1.165, 1.54) is 5.56 Å². The Morgan fingerprint density at radius 1 is 1.00 bits per heavy atom. The molecular weight excluding hydrogens is 407 g/mol. The molecule has 2 atom stereocenters. The van der Waals surface area contributed by atoms with E-state index in [0.29, 0.717) is 30.4 Å². The third-order valence-electron chi connectivity index (χ3n) is 5.51. The number of ether oxygens (including phenoxy) is 1. The van der Waals surface area contributed by atoms with Crippen LogP contribution in [-0.2, 0) is 4.79 Å². The molecule has 3 aromatic rings. The molecule has 6 heteroatoms. The summed E-state index contributed by atoms with van der Waals surface area (Å²) in [4.78, 5) is 14.7. The largest absolute Gasteiger partial charge is 0.483 e. The second-order valence-electron chi connectivity index (χ2n) is 7.19. The molecule has 29 heavy (non-hydrogen) atoms. The van der Waals surface area contributed by atoms with Crippen molar-refractivity contribution in [3.8, 4) is 5.75 Å². The zero-order valence-electron chi connectivity index (χ0n) is 16.0. The second kappa shape index (κ2) is 9.49. The number of benzene rings is 3. The fourth-order valence-electron chi connectivity index (χ4n) is 3.98. The van der Waals surface area contributed by atoms with Gasteiger partial charge in [-0.2, -0.15) is 0 Å².